The number of nitrogens with one attached hydrogen (secondary N) is 3. The van der Waals surface area contributed by atoms with Crippen molar-refractivity contribution in [1.82, 2.24) is 25.2 Å². The average molecular weight is 715 g/mol. The first-order valence-electron chi connectivity index (χ1n) is 16.2. The number of alkyl halides is 4. The van der Waals surface area contributed by atoms with Gasteiger partial charge in [-0.25, -0.2) is 14.4 Å². The summed E-state index contributed by atoms with van der Waals surface area (Å²) in [4.78, 5) is 37.4. The fourth-order valence-corrected chi connectivity index (χ4v) is 6.64. The molecule has 5 rings (SSSR count). The van der Waals surface area contributed by atoms with E-state index in [2.05, 4.69) is 20.9 Å². The Bertz CT molecular complexity index is 1660. The van der Waals surface area contributed by atoms with Crippen molar-refractivity contribution in [2.75, 3.05) is 29.9 Å². The van der Waals surface area contributed by atoms with Crippen LogP contribution in [0.15, 0.2) is 18.2 Å². The Labute approximate surface area is 287 Å². The lowest BCUT2D eigenvalue weighted by atomic mass is 9.81. The zero-order valence-corrected chi connectivity index (χ0v) is 28.9. The highest BCUT2D eigenvalue weighted by molar-refractivity contribution is 6.39. The number of carbonyl (C=O) groups is 2. The van der Waals surface area contributed by atoms with Gasteiger partial charge in [0.15, 0.2) is 5.65 Å². The third-order valence-electron chi connectivity index (χ3n) is 9.18. The van der Waals surface area contributed by atoms with Crippen LogP contribution in [0.1, 0.15) is 75.2 Å². The van der Waals surface area contributed by atoms with Crippen molar-refractivity contribution in [2.24, 2.45) is 24.3 Å². The summed E-state index contributed by atoms with van der Waals surface area (Å²) in [5.74, 6) is -1.19. The lowest BCUT2D eigenvalue weighted by Crippen LogP contribution is -2.38. The number of imidazole rings is 1. The zero-order chi connectivity index (χ0) is 35.0. The van der Waals surface area contributed by atoms with Gasteiger partial charge in [-0.15, -0.1) is 0 Å². The van der Waals surface area contributed by atoms with Crippen molar-refractivity contribution < 1.29 is 27.2 Å². The predicted octanol–water partition coefficient (Wildman–Crippen LogP) is 7.72. The number of carbonyl (C=O) groups excluding carboxylic acids is 2. The second-order valence-corrected chi connectivity index (χ2v) is 14.6. The van der Waals surface area contributed by atoms with Gasteiger partial charge in [0, 0.05) is 38.6 Å². The number of pyridine rings is 1. The SMILES string of the molecule is Cn1c(Nc2c(Cl)ccc(CNC(=O)C(C)(C)C)c2Cl)nc2cc(C(=O)NCC3CCC(C(F)(F)F)CC3)c(N3CCC(F)CC3)nc21. The van der Waals surface area contributed by atoms with Crippen LogP contribution in [0.2, 0.25) is 10.0 Å². The number of anilines is 3. The molecule has 0 bridgehead atoms. The number of benzene rings is 1. The van der Waals surface area contributed by atoms with Crippen LogP contribution in [0, 0.1) is 17.3 Å². The molecule has 1 saturated heterocycles. The lowest BCUT2D eigenvalue weighted by molar-refractivity contribution is -0.183. The standard InChI is InChI=1S/C33H41Cl2F4N7O2/c1-32(2,3)30(48)41-17-19-7-10-23(34)26(25(19)35)43-31-42-24-15-22(27(44-28(24)45(31)4)46-13-11-21(36)12-14-46)29(47)40-16-18-5-8-20(9-6-18)33(37,38)39/h7,10,15,18,20-21H,5-6,8-9,11-14,16-17H2,1-4H3,(H,40,47)(H,41,48)(H,42,43). The predicted molar refractivity (Wildman–Crippen MR) is 180 cm³/mol. The molecule has 1 aromatic carbocycles. The second-order valence-electron chi connectivity index (χ2n) is 13.8. The van der Waals surface area contributed by atoms with E-state index >= 15 is 0 Å². The highest BCUT2D eigenvalue weighted by Crippen LogP contribution is 2.40. The van der Waals surface area contributed by atoms with Crippen LogP contribution in [0.4, 0.5) is 35.0 Å². The van der Waals surface area contributed by atoms with E-state index in [1.54, 1.807) is 29.8 Å². The molecule has 1 saturated carbocycles. The Morgan fingerprint density at radius 2 is 1.65 bits per heavy atom. The van der Waals surface area contributed by atoms with Crippen LogP contribution < -0.4 is 20.9 Å². The van der Waals surface area contributed by atoms with E-state index in [1.807, 2.05) is 25.7 Å². The number of aromatic nitrogens is 3. The molecule has 262 valence electrons. The van der Waals surface area contributed by atoms with Crippen molar-refractivity contribution in [3.8, 4) is 0 Å². The minimum atomic E-state index is -4.20. The van der Waals surface area contributed by atoms with E-state index in [1.165, 1.54) is 0 Å². The first-order valence-corrected chi connectivity index (χ1v) is 16.9. The van der Waals surface area contributed by atoms with Gasteiger partial charge in [0.05, 0.1) is 27.2 Å². The fraction of sp³-hybridized carbons (Fsp3) is 0.576. The largest absolute Gasteiger partial charge is 0.391 e. The highest BCUT2D eigenvalue weighted by Gasteiger charge is 2.41. The molecule has 2 aliphatic rings. The molecule has 1 aliphatic carbocycles. The summed E-state index contributed by atoms with van der Waals surface area (Å²) in [6.45, 7) is 6.61. The molecule has 3 aromatic rings. The van der Waals surface area contributed by atoms with Gasteiger partial charge in [0.2, 0.25) is 11.9 Å². The molecule has 15 heteroatoms. The summed E-state index contributed by atoms with van der Waals surface area (Å²) >= 11 is 13.3. The number of hydrogen-bond donors (Lipinski definition) is 3. The third-order valence-corrected chi connectivity index (χ3v) is 9.93. The monoisotopic (exact) mass is 713 g/mol. The molecule has 48 heavy (non-hydrogen) atoms. The van der Waals surface area contributed by atoms with Crippen LogP contribution in [0.25, 0.3) is 11.2 Å². The Morgan fingerprint density at radius 1 is 0.979 bits per heavy atom. The summed E-state index contributed by atoms with van der Waals surface area (Å²) in [5, 5.41) is 9.60. The van der Waals surface area contributed by atoms with Gasteiger partial charge in [0.25, 0.3) is 5.91 Å². The van der Waals surface area contributed by atoms with Gasteiger partial charge >= 0.3 is 6.18 Å². The molecular weight excluding hydrogens is 673 g/mol. The summed E-state index contributed by atoms with van der Waals surface area (Å²) in [6, 6.07) is 5.02. The van der Waals surface area contributed by atoms with Gasteiger partial charge in [0.1, 0.15) is 17.5 Å². The number of fused-ring (bicyclic) bond motifs is 1. The van der Waals surface area contributed by atoms with Crippen LogP contribution >= 0.6 is 23.2 Å². The maximum atomic E-state index is 14.1. The molecular formula is C33H41Cl2F4N7O2. The lowest BCUT2D eigenvalue weighted by Gasteiger charge is -2.31. The molecule has 2 aromatic heterocycles. The molecule has 2 amide bonds. The van der Waals surface area contributed by atoms with Gasteiger partial charge in [-0.2, -0.15) is 13.2 Å². The third kappa shape index (κ3) is 8.10. The quantitative estimate of drug-likeness (QED) is 0.207. The molecule has 3 heterocycles. The van der Waals surface area contributed by atoms with Gasteiger partial charge in [-0.1, -0.05) is 50.0 Å². The van der Waals surface area contributed by atoms with E-state index in [9.17, 15) is 27.2 Å². The van der Waals surface area contributed by atoms with Crippen LogP contribution in [-0.2, 0) is 18.4 Å². The van der Waals surface area contributed by atoms with E-state index < -0.39 is 29.6 Å². The molecule has 0 radical (unpaired) electrons. The first-order chi connectivity index (χ1) is 22.5. The van der Waals surface area contributed by atoms with E-state index in [-0.39, 0.29) is 43.3 Å². The van der Waals surface area contributed by atoms with Gasteiger partial charge < -0.3 is 20.9 Å². The number of amides is 2. The van der Waals surface area contributed by atoms with Crippen LogP contribution in [0.3, 0.4) is 0 Å². The Kier molecular flexibility index (Phi) is 10.7. The van der Waals surface area contributed by atoms with E-state index in [0.717, 1.165) is 0 Å². The van der Waals surface area contributed by atoms with Crippen molar-refractivity contribution in [3.05, 3.63) is 39.4 Å². The molecule has 0 spiro atoms. The van der Waals surface area contributed by atoms with Gasteiger partial charge in [-0.3, -0.25) is 14.2 Å². The molecule has 0 unspecified atom stereocenters. The Hall–Kier alpha value is -3.32. The van der Waals surface area contributed by atoms with E-state index in [4.69, 9.17) is 28.2 Å². The number of piperidine rings is 1. The topological polar surface area (TPSA) is 104 Å². The number of halogens is 6. The molecule has 9 nitrogen and oxygen atoms in total. The summed E-state index contributed by atoms with van der Waals surface area (Å²) < 4.78 is 55.2. The zero-order valence-electron chi connectivity index (χ0n) is 27.4. The second kappa shape index (κ2) is 14.3. The molecule has 3 N–H and O–H groups in total. The van der Waals surface area contributed by atoms with Crippen LogP contribution in [-0.4, -0.2) is 58.3 Å². The minimum absolute atomic E-state index is 0.0488. The van der Waals surface area contributed by atoms with Crippen molar-refractivity contribution in [3.63, 3.8) is 0 Å². The summed E-state index contributed by atoms with van der Waals surface area (Å²) in [5.41, 5.74) is 1.55. The van der Waals surface area contributed by atoms with Crippen molar-refractivity contribution in [2.45, 2.75) is 78.2 Å². The molecule has 1 aliphatic heterocycles. The maximum absolute atomic E-state index is 14.1. The summed E-state index contributed by atoms with van der Waals surface area (Å²) in [6.07, 6.45) is -3.69. The van der Waals surface area contributed by atoms with Crippen molar-refractivity contribution in [1.29, 1.82) is 0 Å². The Morgan fingerprint density at radius 3 is 2.27 bits per heavy atom. The first kappa shape index (κ1) is 36.0. The number of nitrogens with zero attached hydrogens (tertiary/aromatic N) is 4. The van der Waals surface area contributed by atoms with Crippen molar-refractivity contribution >= 4 is 63.6 Å². The smallest absolute Gasteiger partial charge is 0.356 e. The number of aryl methyl sites for hydroxylation is 1. The minimum Gasteiger partial charge on any atom is -0.356 e. The molecule has 2 fully saturated rings. The fourth-order valence-electron chi connectivity index (χ4n) is 6.11. The number of rotatable bonds is 8. The highest BCUT2D eigenvalue weighted by atomic mass is 35.5. The molecule has 0 atom stereocenters. The summed E-state index contributed by atoms with van der Waals surface area (Å²) in [7, 11) is 1.74. The number of hydrogen-bond acceptors (Lipinski definition) is 6. The normalized spacial score (nSPS) is 19.4. The van der Waals surface area contributed by atoms with Gasteiger partial charge in [-0.05, 0) is 62.1 Å². The maximum Gasteiger partial charge on any atom is 0.391 e. The van der Waals surface area contributed by atoms with E-state index in [0.29, 0.717) is 83.0 Å². The van der Waals surface area contributed by atoms with Crippen LogP contribution in [0.5, 0.6) is 0 Å². The average Bonchev–Trinajstić information content (AvgIpc) is 3.34. The Balaban J connectivity index is 1.40.